The summed E-state index contributed by atoms with van der Waals surface area (Å²) in [5.41, 5.74) is 6.72. The van der Waals surface area contributed by atoms with E-state index in [1.807, 2.05) is 32.9 Å². The molecule has 0 saturated carbocycles. The third-order valence-electron chi connectivity index (χ3n) is 3.53. The number of carboxylic acids is 1. The molecule has 0 aliphatic heterocycles. The maximum Gasteiger partial charge on any atom is 0.410 e. The van der Waals surface area contributed by atoms with Crippen molar-refractivity contribution < 1.29 is 19.4 Å². The fraction of sp³-hybridized carbons (Fsp3) is 0.556. The highest BCUT2D eigenvalue weighted by Crippen LogP contribution is 2.17. The smallest absolute Gasteiger partial charge is 0.410 e. The first-order valence-electron chi connectivity index (χ1n) is 8.10. The summed E-state index contributed by atoms with van der Waals surface area (Å²) in [5.74, 6) is -1.34. The van der Waals surface area contributed by atoms with Crippen molar-refractivity contribution in [3.8, 4) is 0 Å². The number of nitrogens with two attached hydrogens (primary N) is 1. The fourth-order valence-corrected chi connectivity index (χ4v) is 2.32. The van der Waals surface area contributed by atoms with Gasteiger partial charge in [-0.3, -0.25) is 4.79 Å². The summed E-state index contributed by atoms with van der Waals surface area (Å²) >= 11 is 0. The summed E-state index contributed by atoms with van der Waals surface area (Å²) in [7, 11) is 1.65. The first-order valence-corrected chi connectivity index (χ1v) is 8.10. The molecule has 1 rings (SSSR count). The molecule has 0 aliphatic carbocycles. The number of hydrogen-bond donors (Lipinski definition) is 2. The second-order valence-corrected chi connectivity index (χ2v) is 7.03. The minimum atomic E-state index is -0.836. The molecule has 24 heavy (non-hydrogen) atoms. The van der Waals surface area contributed by atoms with Crippen LogP contribution in [0.3, 0.4) is 0 Å². The summed E-state index contributed by atoms with van der Waals surface area (Å²) in [6, 6.07) is 7.26. The second-order valence-electron chi connectivity index (χ2n) is 7.03. The number of benzene rings is 1. The maximum absolute atomic E-state index is 11.9. The van der Waals surface area contributed by atoms with E-state index in [9.17, 15) is 14.7 Å². The lowest BCUT2D eigenvalue weighted by Gasteiger charge is -2.25. The van der Waals surface area contributed by atoms with E-state index in [0.29, 0.717) is 31.5 Å². The Labute approximate surface area is 143 Å². The molecule has 0 spiro atoms. The van der Waals surface area contributed by atoms with E-state index in [2.05, 4.69) is 0 Å². The van der Waals surface area contributed by atoms with E-state index < -0.39 is 23.6 Å². The third kappa shape index (κ3) is 7.35. The number of hydrogen-bond acceptors (Lipinski definition) is 4. The molecule has 134 valence electrons. The van der Waals surface area contributed by atoms with Crippen molar-refractivity contribution in [1.29, 1.82) is 0 Å². The van der Waals surface area contributed by atoms with Crippen molar-refractivity contribution in [2.45, 2.75) is 45.6 Å². The topological polar surface area (TPSA) is 92.9 Å². The fourth-order valence-electron chi connectivity index (χ4n) is 2.32. The largest absolute Gasteiger partial charge is 0.481 e. The Morgan fingerprint density at radius 2 is 2.00 bits per heavy atom. The van der Waals surface area contributed by atoms with E-state index in [4.69, 9.17) is 10.5 Å². The van der Waals surface area contributed by atoms with Crippen LogP contribution in [-0.2, 0) is 16.0 Å². The van der Waals surface area contributed by atoms with Gasteiger partial charge >= 0.3 is 12.1 Å². The average Bonchev–Trinajstić information content (AvgIpc) is 2.44. The van der Waals surface area contributed by atoms with Crippen molar-refractivity contribution in [3.05, 3.63) is 29.8 Å². The molecule has 0 aromatic heterocycles. The SMILES string of the molecule is CN(CCCC(Cc1cccc(N)c1)C(=O)O)C(=O)OC(C)(C)C. The molecule has 1 aromatic carbocycles. The predicted octanol–water partition coefficient (Wildman–Crippen LogP) is 3.16. The van der Waals surface area contributed by atoms with E-state index in [-0.39, 0.29) is 0 Å². The van der Waals surface area contributed by atoms with Gasteiger partial charge in [-0.1, -0.05) is 12.1 Å². The molecule has 1 amide bonds. The van der Waals surface area contributed by atoms with Crippen LogP contribution >= 0.6 is 0 Å². The first-order chi connectivity index (χ1) is 11.1. The molecule has 0 bridgehead atoms. The molecule has 0 radical (unpaired) electrons. The lowest BCUT2D eigenvalue weighted by molar-refractivity contribution is -0.142. The molecule has 6 nitrogen and oxygen atoms in total. The molecule has 0 aliphatic rings. The van der Waals surface area contributed by atoms with Crippen molar-refractivity contribution in [2.24, 2.45) is 5.92 Å². The van der Waals surface area contributed by atoms with Crippen molar-refractivity contribution >= 4 is 17.7 Å². The Bertz CT molecular complexity index is 566. The number of rotatable bonds is 7. The minimum absolute atomic E-state index is 0.398. The number of nitrogen functional groups attached to an aromatic ring is 1. The van der Waals surface area contributed by atoms with Crippen molar-refractivity contribution in [3.63, 3.8) is 0 Å². The summed E-state index contributed by atoms with van der Waals surface area (Å²) in [4.78, 5) is 24.8. The van der Waals surface area contributed by atoms with Gasteiger partial charge in [0.2, 0.25) is 0 Å². The molecule has 1 unspecified atom stereocenters. The van der Waals surface area contributed by atoms with Gasteiger partial charge in [0.25, 0.3) is 0 Å². The van der Waals surface area contributed by atoms with Crippen LogP contribution in [0.2, 0.25) is 0 Å². The van der Waals surface area contributed by atoms with E-state index in [1.54, 1.807) is 19.2 Å². The molecule has 0 heterocycles. The number of ether oxygens (including phenoxy) is 1. The summed E-state index contributed by atoms with van der Waals surface area (Å²) in [5, 5.41) is 9.39. The number of nitrogens with zero attached hydrogens (tertiary/aromatic N) is 1. The van der Waals surface area contributed by atoms with Gasteiger partial charge in [0.05, 0.1) is 5.92 Å². The molecular weight excluding hydrogens is 308 g/mol. The van der Waals surface area contributed by atoms with Gasteiger partial charge in [-0.15, -0.1) is 0 Å². The Morgan fingerprint density at radius 1 is 1.33 bits per heavy atom. The zero-order valence-corrected chi connectivity index (χ0v) is 14.9. The van der Waals surface area contributed by atoms with Crippen LogP contribution in [-0.4, -0.2) is 41.3 Å². The molecular formula is C18H28N2O4. The average molecular weight is 336 g/mol. The second kappa shape index (κ2) is 8.57. The van der Waals surface area contributed by atoms with E-state index in [1.165, 1.54) is 4.90 Å². The van der Waals surface area contributed by atoms with Crippen LogP contribution in [0.25, 0.3) is 0 Å². The summed E-state index contributed by atoms with van der Waals surface area (Å²) < 4.78 is 5.27. The maximum atomic E-state index is 11.9. The van der Waals surface area contributed by atoms with Gasteiger partial charge in [-0.2, -0.15) is 0 Å². The lowest BCUT2D eigenvalue weighted by atomic mass is 9.94. The molecule has 3 N–H and O–H groups in total. The number of carboxylic acid groups (broad SMARTS) is 1. The zero-order valence-electron chi connectivity index (χ0n) is 14.9. The van der Waals surface area contributed by atoms with E-state index in [0.717, 1.165) is 5.56 Å². The van der Waals surface area contributed by atoms with E-state index >= 15 is 0 Å². The van der Waals surface area contributed by atoms with Gasteiger partial charge in [-0.05, 0) is 57.7 Å². The van der Waals surface area contributed by atoms with Gasteiger partial charge in [0.1, 0.15) is 5.60 Å². The zero-order chi connectivity index (χ0) is 18.3. The first kappa shape index (κ1) is 19.8. The Morgan fingerprint density at radius 3 is 2.54 bits per heavy atom. The lowest BCUT2D eigenvalue weighted by Crippen LogP contribution is -2.35. The Kier molecular flexibility index (Phi) is 7.07. The highest BCUT2D eigenvalue weighted by Gasteiger charge is 2.21. The van der Waals surface area contributed by atoms with Crippen LogP contribution in [0.1, 0.15) is 39.2 Å². The Balaban J connectivity index is 2.49. The Hall–Kier alpha value is -2.24. The summed E-state index contributed by atoms with van der Waals surface area (Å²) in [6.45, 7) is 5.88. The predicted molar refractivity (Wildman–Crippen MR) is 93.8 cm³/mol. The van der Waals surface area contributed by atoms with Crippen LogP contribution in [0.4, 0.5) is 10.5 Å². The minimum Gasteiger partial charge on any atom is -0.481 e. The number of amides is 1. The highest BCUT2D eigenvalue weighted by atomic mass is 16.6. The van der Waals surface area contributed by atoms with Gasteiger partial charge in [0.15, 0.2) is 0 Å². The number of carbonyl (C=O) groups excluding carboxylic acids is 1. The quantitative estimate of drug-likeness (QED) is 0.746. The van der Waals surface area contributed by atoms with Crippen molar-refractivity contribution in [1.82, 2.24) is 4.90 Å². The normalized spacial score (nSPS) is 12.5. The van der Waals surface area contributed by atoms with Crippen LogP contribution in [0, 0.1) is 5.92 Å². The highest BCUT2D eigenvalue weighted by molar-refractivity contribution is 5.70. The molecule has 0 saturated heterocycles. The molecule has 1 atom stereocenters. The van der Waals surface area contributed by atoms with Gasteiger partial charge in [0, 0.05) is 19.3 Å². The standard InChI is InChI=1S/C18H28N2O4/c1-18(2,3)24-17(23)20(4)10-6-8-14(16(21)22)11-13-7-5-9-15(19)12-13/h5,7,9,12,14H,6,8,10-11,19H2,1-4H3,(H,21,22). The van der Waals surface area contributed by atoms with Crippen molar-refractivity contribution in [2.75, 3.05) is 19.3 Å². The monoisotopic (exact) mass is 336 g/mol. The third-order valence-corrected chi connectivity index (χ3v) is 3.53. The molecule has 6 heteroatoms. The number of aliphatic carboxylic acids is 1. The van der Waals surface area contributed by atoms with Crippen LogP contribution in [0.5, 0.6) is 0 Å². The molecule has 1 aromatic rings. The van der Waals surface area contributed by atoms with Crippen LogP contribution < -0.4 is 5.73 Å². The number of carbonyl (C=O) groups is 2. The van der Waals surface area contributed by atoms with Gasteiger partial charge < -0.3 is 20.5 Å². The summed E-state index contributed by atoms with van der Waals surface area (Å²) in [6.07, 6.45) is 1.10. The van der Waals surface area contributed by atoms with Gasteiger partial charge in [-0.25, -0.2) is 4.79 Å². The molecule has 0 fully saturated rings. The van der Waals surface area contributed by atoms with Crippen LogP contribution in [0.15, 0.2) is 24.3 Å². The number of anilines is 1.